The fourth-order valence-electron chi connectivity index (χ4n) is 2.49. The first-order chi connectivity index (χ1) is 13.0. The molecule has 3 aromatic rings. The van der Waals surface area contributed by atoms with Crippen LogP contribution in [0.15, 0.2) is 54.7 Å². The van der Waals surface area contributed by atoms with Gasteiger partial charge in [0.15, 0.2) is 0 Å². The van der Waals surface area contributed by atoms with Gasteiger partial charge in [0.05, 0.1) is 12.7 Å². The van der Waals surface area contributed by atoms with Crippen molar-refractivity contribution < 1.29 is 18.3 Å². The van der Waals surface area contributed by atoms with Crippen LogP contribution < -0.4 is 0 Å². The second kappa shape index (κ2) is 8.39. The van der Waals surface area contributed by atoms with Crippen LogP contribution in [-0.4, -0.2) is 33.0 Å². The number of nitrogens with zero attached hydrogens (tertiary/aromatic N) is 4. The summed E-state index contributed by atoms with van der Waals surface area (Å²) in [7, 11) is 1.64. The summed E-state index contributed by atoms with van der Waals surface area (Å²) in [6, 6.07) is 12.8. The summed E-state index contributed by atoms with van der Waals surface area (Å²) in [6.45, 7) is 0.382. The number of benzene rings is 2. The summed E-state index contributed by atoms with van der Waals surface area (Å²) in [5, 5.41) is 7.73. The number of hydrogen-bond donors (Lipinski definition) is 0. The van der Waals surface area contributed by atoms with Gasteiger partial charge in [-0.25, -0.2) is 18.3 Å². The highest BCUT2D eigenvalue weighted by atomic mass is 19.1. The zero-order valence-electron chi connectivity index (χ0n) is 14.7. The van der Waals surface area contributed by atoms with Gasteiger partial charge in [0.1, 0.15) is 23.9 Å². The quantitative estimate of drug-likeness (QED) is 0.666. The predicted molar refractivity (Wildman–Crippen MR) is 93.6 cm³/mol. The summed E-state index contributed by atoms with van der Waals surface area (Å²) in [5.41, 5.74) is 1.55. The smallest absolute Gasteiger partial charge is 0.410 e. The van der Waals surface area contributed by atoms with Gasteiger partial charge in [-0.2, -0.15) is 0 Å². The Morgan fingerprint density at radius 2 is 1.96 bits per heavy atom. The molecule has 140 valence electrons. The maximum Gasteiger partial charge on any atom is 0.410 e. The van der Waals surface area contributed by atoms with E-state index in [4.69, 9.17) is 4.74 Å². The van der Waals surface area contributed by atoms with E-state index in [1.54, 1.807) is 7.05 Å². The minimum absolute atomic E-state index is 0.0262. The van der Waals surface area contributed by atoms with E-state index < -0.39 is 17.7 Å². The van der Waals surface area contributed by atoms with E-state index in [9.17, 15) is 13.6 Å². The SMILES string of the molecule is CN(Cc1ccccc1)C(=O)OCc1cn(Cc2cc(F)ccc2F)nn1. The van der Waals surface area contributed by atoms with Crippen LogP contribution in [0.4, 0.5) is 13.6 Å². The molecule has 0 aliphatic carbocycles. The molecule has 1 heterocycles. The molecule has 0 aliphatic rings. The monoisotopic (exact) mass is 372 g/mol. The fraction of sp³-hybridized carbons (Fsp3) is 0.211. The Hall–Kier alpha value is -3.29. The van der Waals surface area contributed by atoms with E-state index in [2.05, 4.69) is 10.3 Å². The summed E-state index contributed by atoms with van der Waals surface area (Å²) in [6.07, 6.45) is 1.03. The molecule has 6 nitrogen and oxygen atoms in total. The first-order valence-corrected chi connectivity index (χ1v) is 8.26. The predicted octanol–water partition coefficient (Wildman–Crippen LogP) is 3.37. The van der Waals surface area contributed by atoms with Gasteiger partial charge in [0.2, 0.25) is 0 Å². The number of carbonyl (C=O) groups excluding carboxylic acids is 1. The first kappa shape index (κ1) is 18.5. The molecule has 0 radical (unpaired) electrons. The molecule has 2 aromatic carbocycles. The van der Waals surface area contributed by atoms with Crippen molar-refractivity contribution in [2.75, 3.05) is 7.05 Å². The fourth-order valence-corrected chi connectivity index (χ4v) is 2.49. The summed E-state index contributed by atoms with van der Waals surface area (Å²) in [5.74, 6) is -1.05. The Morgan fingerprint density at radius 3 is 2.74 bits per heavy atom. The average Bonchev–Trinajstić information content (AvgIpc) is 3.11. The molecule has 0 fully saturated rings. The van der Waals surface area contributed by atoms with Crippen LogP contribution >= 0.6 is 0 Å². The molecule has 0 bridgehead atoms. The van der Waals surface area contributed by atoms with E-state index in [0.29, 0.717) is 12.2 Å². The minimum atomic E-state index is -0.526. The normalized spacial score (nSPS) is 10.6. The van der Waals surface area contributed by atoms with Gasteiger partial charge < -0.3 is 9.64 Å². The lowest BCUT2D eigenvalue weighted by atomic mass is 10.2. The third kappa shape index (κ3) is 5.10. The van der Waals surface area contributed by atoms with Crippen LogP contribution in [0.3, 0.4) is 0 Å². The van der Waals surface area contributed by atoms with Crippen LogP contribution in [0, 0.1) is 11.6 Å². The Labute approximate surface area is 155 Å². The molecule has 0 N–H and O–H groups in total. The molecule has 8 heteroatoms. The van der Waals surface area contributed by atoms with Crippen molar-refractivity contribution in [1.82, 2.24) is 19.9 Å². The number of carbonyl (C=O) groups is 1. The lowest BCUT2D eigenvalue weighted by Gasteiger charge is -2.16. The molecule has 0 saturated carbocycles. The average molecular weight is 372 g/mol. The maximum atomic E-state index is 13.7. The Bertz CT molecular complexity index is 915. The molecule has 27 heavy (non-hydrogen) atoms. The first-order valence-electron chi connectivity index (χ1n) is 8.26. The lowest BCUT2D eigenvalue weighted by molar-refractivity contribution is 0.101. The topological polar surface area (TPSA) is 60.2 Å². The third-order valence-corrected chi connectivity index (χ3v) is 3.84. The highest BCUT2D eigenvalue weighted by Crippen LogP contribution is 2.11. The molecule has 3 rings (SSSR count). The van der Waals surface area contributed by atoms with Gasteiger partial charge in [-0.05, 0) is 23.8 Å². The number of ether oxygens (including phenoxy) is 1. The van der Waals surface area contributed by atoms with Crippen molar-refractivity contribution in [1.29, 1.82) is 0 Å². The van der Waals surface area contributed by atoms with Gasteiger partial charge in [-0.1, -0.05) is 35.5 Å². The Kier molecular flexibility index (Phi) is 5.75. The summed E-state index contributed by atoms with van der Waals surface area (Å²) >= 11 is 0. The number of halogens is 2. The van der Waals surface area contributed by atoms with Gasteiger partial charge in [-0.15, -0.1) is 5.10 Å². The molecule has 1 aromatic heterocycles. The van der Waals surface area contributed by atoms with Crippen molar-refractivity contribution in [3.63, 3.8) is 0 Å². The number of amides is 1. The van der Waals surface area contributed by atoms with Crippen LogP contribution in [-0.2, 0) is 24.4 Å². The Morgan fingerprint density at radius 1 is 1.19 bits per heavy atom. The van der Waals surface area contributed by atoms with E-state index in [-0.39, 0.29) is 18.7 Å². The van der Waals surface area contributed by atoms with Gasteiger partial charge in [-0.3, -0.25) is 0 Å². The molecule has 0 atom stereocenters. The standard InChI is InChI=1S/C19H18F2N4O2/c1-24(10-14-5-3-2-4-6-14)19(26)27-13-17-12-25(23-22-17)11-15-9-16(20)7-8-18(15)21/h2-9,12H,10-11,13H2,1H3. The highest BCUT2D eigenvalue weighted by Gasteiger charge is 2.12. The van der Waals surface area contributed by atoms with Gasteiger partial charge in [0, 0.05) is 19.2 Å². The van der Waals surface area contributed by atoms with Crippen LogP contribution in [0.25, 0.3) is 0 Å². The van der Waals surface area contributed by atoms with Crippen molar-refractivity contribution in [3.8, 4) is 0 Å². The number of rotatable bonds is 6. The van der Waals surface area contributed by atoms with E-state index in [1.165, 1.54) is 15.8 Å². The summed E-state index contributed by atoms with van der Waals surface area (Å²) < 4.78 is 33.5. The van der Waals surface area contributed by atoms with Crippen molar-refractivity contribution in [3.05, 3.63) is 83.2 Å². The summed E-state index contributed by atoms with van der Waals surface area (Å²) in [4.78, 5) is 13.5. The second-order valence-corrected chi connectivity index (χ2v) is 6.04. The molecule has 0 spiro atoms. The minimum Gasteiger partial charge on any atom is -0.443 e. The molecular weight excluding hydrogens is 354 g/mol. The van der Waals surface area contributed by atoms with E-state index in [0.717, 1.165) is 23.8 Å². The van der Waals surface area contributed by atoms with E-state index >= 15 is 0 Å². The van der Waals surface area contributed by atoms with Crippen LogP contribution in [0.2, 0.25) is 0 Å². The van der Waals surface area contributed by atoms with Gasteiger partial charge >= 0.3 is 6.09 Å². The van der Waals surface area contributed by atoms with Gasteiger partial charge in [0.25, 0.3) is 0 Å². The highest BCUT2D eigenvalue weighted by molar-refractivity contribution is 5.67. The molecule has 0 unspecified atom stereocenters. The Balaban J connectivity index is 1.53. The van der Waals surface area contributed by atoms with Crippen molar-refractivity contribution in [2.24, 2.45) is 0 Å². The number of hydrogen-bond acceptors (Lipinski definition) is 4. The van der Waals surface area contributed by atoms with Crippen LogP contribution in [0.1, 0.15) is 16.8 Å². The molecular formula is C19H18F2N4O2. The van der Waals surface area contributed by atoms with Crippen LogP contribution in [0.5, 0.6) is 0 Å². The lowest BCUT2D eigenvalue weighted by Crippen LogP contribution is -2.26. The molecule has 0 saturated heterocycles. The zero-order valence-corrected chi connectivity index (χ0v) is 14.7. The van der Waals surface area contributed by atoms with Crippen molar-refractivity contribution >= 4 is 6.09 Å². The maximum absolute atomic E-state index is 13.7. The number of aromatic nitrogens is 3. The molecule has 1 amide bonds. The van der Waals surface area contributed by atoms with Crippen molar-refractivity contribution in [2.45, 2.75) is 19.7 Å². The third-order valence-electron chi connectivity index (χ3n) is 3.84. The van der Waals surface area contributed by atoms with E-state index in [1.807, 2.05) is 30.3 Å². The molecule has 0 aliphatic heterocycles. The zero-order chi connectivity index (χ0) is 19.2. The second-order valence-electron chi connectivity index (χ2n) is 6.04. The largest absolute Gasteiger partial charge is 0.443 e.